The molecule has 2 heterocycles. The Balaban J connectivity index is 1.11. The number of fused-ring (bicyclic) bond motifs is 6. The zero-order valence-electron chi connectivity index (χ0n) is 37.5. The number of benzene rings is 10. The molecule has 69 heavy (non-hydrogen) atoms. The Kier molecular flexibility index (Phi) is 10.4. The van der Waals surface area contributed by atoms with Crippen molar-refractivity contribution in [2.24, 2.45) is 0 Å². The second-order valence-electron chi connectivity index (χ2n) is 17.6. The van der Waals surface area contributed by atoms with Crippen molar-refractivity contribution in [1.29, 1.82) is 0 Å². The Labute approximate surface area is 410 Å². The fourth-order valence-electron chi connectivity index (χ4n) is 10.4. The fraction of sp³-hybridized carbons (Fsp3) is 0. The molecule has 304 valence electrons. The van der Waals surface area contributed by atoms with Gasteiger partial charge in [0.05, 0.1) is 11.0 Å². The SMILES string of the molecule is [B]c1c([B])c([B])c2c(c1[B])c1c([B])c(-c3ccc4c(c3)c3ccc(-c5ccccc5-c5ccccc5)cc3n4-c3cccc(-c4ccccc4)c3)c([B])c([B])c1n2-c1cccc(-c2ccccc2)c1. The molecular weight excluding hydrogens is 824 g/mol. The van der Waals surface area contributed by atoms with Gasteiger partial charge in [-0.1, -0.05) is 185 Å². The number of rotatable bonds is 7. The normalized spacial score (nSPS) is 11.6. The van der Waals surface area contributed by atoms with Gasteiger partial charge in [-0.25, -0.2) is 0 Å². The summed E-state index contributed by atoms with van der Waals surface area (Å²) in [6.07, 6.45) is 0. The van der Waals surface area contributed by atoms with Crippen molar-refractivity contribution in [1.82, 2.24) is 9.13 Å². The van der Waals surface area contributed by atoms with Gasteiger partial charge < -0.3 is 9.13 Å². The van der Waals surface area contributed by atoms with Crippen LogP contribution in [-0.4, -0.2) is 64.1 Å². The molecule has 0 amide bonds. The lowest BCUT2D eigenvalue weighted by atomic mass is 9.64. The molecule has 14 radical (unpaired) electrons. The highest BCUT2D eigenvalue weighted by Crippen LogP contribution is 2.40. The maximum atomic E-state index is 7.46. The van der Waals surface area contributed by atoms with Gasteiger partial charge >= 0.3 is 0 Å². The van der Waals surface area contributed by atoms with Crippen LogP contribution in [0.2, 0.25) is 0 Å². The zero-order valence-corrected chi connectivity index (χ0v) is 37.5. The van der Waals surface area contributed by atoms with Gasteiger partial charge in [0.1, 0.15) is 54.9 Å². The summed E-state index contributed by atoms with van der Waals surface area (Å²) in [5.41, 5.74) is 17.0. The van der Waals surface area contributed by atoms with Crippen molar-refractivity contribution in [2.45, 2.75) is 0 Å². The summed E-state index contributed by atoms with van der Waals surface area (Å²) in [5.74, 6) is 0. The van der Waals surface area contributed by atoms with E-state index < -0.39 is 0 Å². The van der Waals surface area contributed by atoms with E-state index >= 15 is 0 Å². The molecule has 0 N–H and O–H groups in total. The molecule has 9 heteroatoms. The molecule has 12 rings (SSSR count). The summed E-state index contributed by atoms with van der Waals surface area (Å²) in [5, 5.41) is 3.19. The van der Waals surface area contributed by atoms with E-state index in [-0.39, 0.29) is 21.9 Å². The first-order chi connectivity index (χ1) is 33.7. The smallest absolute Gasteiger partial charge is 0.115 e. The van der Waals surface area contributed by atoms with E-state index in [0.717, 1.165) is 83.3 Å². The molecule has 0 bridgehead atoms. The molecule has 2 aromatic heterocycles. The molecule has 0 fully saturated rings. The van der Waals surface area contributed by atoms with Gasteiger partial charge in [0.2, 0.25) is 0 Å². The van der Waals surface area contributed by atoms with Gasteiger partial charge in [-0.2, -0.15) is 0 Å². The first-order valence-electron chi connectivity index (χ1n) is 22.8. The molecule has 0 atom stereocenters. The average molecular weight is 858 g/mol. The minimum Gasteiger partial charge on any atom is -0.311 e. The Morgan fingerprint density at radius 2 is 0.739 bits per heavy atom. The molecule has 0 saturated heterocycles. The van der Waals surface area contributed by atoms with Crippen molar-refractivity contribution in [3.05, 3.63) is 200 Å². The average Bonchev–Trinajstić information content (AvgIpc) is 3.94. The Morgan fingerprint density at radius 3 is 1.35 bits per heavy atom. The van der Waals surface area contributed by atoms with E-state index in [1.807, 2.05) is 47.0 Å². The lowest BCUT2D eigenvalue weighted by Gasteiger charge is -2.19. The zero-order chi connectivity index (χ0) is 47.1. The highest BCUT2D eigenvalue weighted by molar-refractivity contribution is 6.69. The van der Waals surface area contributed by atoms with Gasteiger partial charge in [-0.05, 0) is 103 Å². The molecule has 0 aliphatic carbocycles. The van der Waals surface area contributed by atoms with Gasteiger partial charge in [0.25, 0.3) is 0 Å². The van der Waals surface area contributed by atoms with E-state index in [1.165, 1.54) is 0 Å². The fourth-order valence-corrected chi connectivity index (χ4v) is 10.4. The van der Waals surface area contributed by atoms with Crippen molar-refractivity contribution in [3.8, 4) is 67.0 Å². The molecule has 0 saturated carbocycles. The van der Waals surface area contributed by atoms with E-state index in [2.05, 4.69) is 162 Å². The highest BCUT2D eigenvalue weighted by Gasteiger charge is 2.25. The summed E-state index contributed by atoms with van der Waals surface area (Å²) < 4.78 is 4.30. The first kappa shape index (κ1) is 42.6. The largest absolute Gasteiger partial charge is 0.311 e. The molecule has 12 aromatic rings. The topological polar surface area (TPSA) is 9.86 Å². The van der Waals surface area contributed by atoms with Crippen LogP contribution in [0.1, 0.15) is 0 Å². The number of nitrogens with zero attached hydrogens (tertiary/aromatic N) is 2. The van der Waals surface area contributed by atoms with Crippen molar-refractivity contribution in [3.63, 3.8) is 0 Å². The molecule has 10 aromatic carbocycles. The van der Waals surface area contributed by atoms with Gasteiger partial charge in [-0.15, -0.1) is 10.9 Å². The summed E-state index contributed by atoms with van der Waals surface area (Å²) >= 11 is 0. The third kappa shape index (κ3) is 6.81. The van der Waals surface area contributed by atoms with Crippen LogP contribution < -0.4 is 38.2 Å². The summed E-state index contributed by atoms with van der Waals surface area (Å²) in [4.78, 5) is 0. The van der Waals surface area contributed by atoms with E-state index in [4.69, 9.17) is 54.9 Å². The highest BCUT2D eigenvalue weighted by atomic mass is 15.0. The second-order valence-corrected chi connectivity index (χ2v) is 17.6. The van der Waals surface area contributed by atoms with Crippen molar-refractivity contribution >= 4 is 137 Å². The molecule has 0 aliphatic rings. The summed E-state index contributed by atoms with van der Waals surface area (Å²) in [7, 11) is 49.0. The van der Waals surface area contributed by atoms with Crippen molar-refractivity contribution in [2.75, 3.05) is 0 Å². The monoisotopic (exact) mass is 858 g/mol. The van der Waals surface area contributed by atoms with Crippen LogP contribution in [0.4, 0.5) is 0 Å². The Morgan fingerprint density at radius 1 is 0.261 bits per heavy atom. The number of hydrogen-bond donors (Lipinski definition) is 0. The quantitative estimate of drug-likeness (QED) is 0.145. The lowest BCUT2D eigenvalue weighted by molar-refractivity contribution is 1.18. The van der Waals surface area contributed by atoms with Crippen LogP contribution in [0.15, 0.2) is 200 Å². The predicted octanol–water partition coefficient (Wildman–Crippen LogP) is 7.77. The molecule has 0 aliphatic heterocycles. The molecule has 0 spiro atoms. The first-order valence-corrected chi connectivity index (χ1v) is 22.8. The predicted molar refractivity (Wildman–Crippen MR) is 300 cm³/mol. The molecular formula is C60H33B7N2. The third-order valence-electron chi connectivity index (χ3n) is 13.7. The van der Waals surface area contributed by atoms with Crippen LogP contribution in [0.5, 0.6) is 0 Å². The van der Waals surface area contributed by atoms with Gasteiger partial charge in [-0.3, -0.25) is 0 Å². The van der Waals surface area contributed by atoms with Crippen LogP contribution in [0.25, 0.3) is 111 Å². The van der Waals surface area contributed by atoms with Crippen LogP contribution >= 0.6 is 0 Å². The van der Waals surface area contributed by atoms with Gasteiger partial charge in [0, 0.05) is 38.6 Å². The maximum Gasteiger partial charge on any atom is 0.115 e. The number of hydrogen-bond acceptors (Lipinski definition) is 0. The molecule has 0 unspecified atom stereocenters. The van der Waals surface area contributed by atoms with Crippen molar-refractivity contribution < 1.29 is 0 Å². The molecule has 2 nitrogen and oxygen atoms in total. The minimum atomic E-state index is 0.171. The van der Waals surface area contributed by atoms with Gasteiger partial charge in [0.15, 0.2) is 0 Å². The second kappa shape index (κ2) is 16.8. The maximum absolute atomic E-state index is 7.46. The summed E-state index contributed by atoms with van der Waals surface area (Å²) in [6, 6.07) is 69.5. The van der Waals surface area contributed by atoms with Crippen LogP contribution in [0, 0.1) is 0 Å². The van der Waals surface area contributed by atoms with E-state index in [1.54, 1.807) is 0 Å². The Bertz CT molecular complexity index is 4030. The van der Waals surface area contributed by atoms with Crippen LogP contribution in [-0.2, 0) is 0 Å². The van der Waals surface area contributed by atoms with E-state index in [9.17, 15) is 0 Å². The minimum absolute atomic E-state index is 0.171. The number of aromatic nitrogens is 2. The van der Waals surface area contributed by atoms with E-state index in [0.29, 0.717) is 43.8 Å². The Hall–Kier alpha value is -7.75. The summed E-state index contributed by atoms with van der Waals surface area (Å²) in [6.45, 7) is 0. The third-order valence-corrected chi connectivity index (χ3v) is 13.7. The lowest BCUT2D eigenvalue weighted by Crippen LogP contribution is -2.48. The van der Waals surface area contributed by atoms with Crippen LogP contribution in [0.3, 0.4) is 0 Å². The standard InChI is InChI=1S/C60H33B7N2/c61-52-49(53(62)57(66)59-50(52)51-54(63)55(64)56(65)58(67)60(51)69(59)42-23-13-21-38(31-42)35-16-6-2-7-17-35)40-27-29-47-46(32-40)45-28-26-39(44-25-11-10-24-43(44)36-18-8-3-9-19-36)33-48(45)68(47)41-22-12-20-37(30-41)34-14-4-1-5-15-34/h1-33H.